The molecule has 0 radical (unpaired) electrons. The molecule has 1 aromatic heterocycles. The summed E-state index contributed by atoms with van der Waals surface area (Å²) in [6.07, 6.45) is 1.44. The van der Waals surface area contributed by atoms with Crippen LogP contribution >= 0.6 is 0 Å². The van der Waals surface area contributed by atoms with Gasteiger partial charge in [0, 0.05) is 19.2 Å². The van der Waals surface area contributed by atoms with Crippen molar-refractivity contribution in [1.29, 1.82) is 0 Å². The minimum absolute atomic E-state index is 0.0757. The van der Waals surface area contributed by atoms with Crippen LogP contribution in [0.5, 0.6) is 11.5 Å². The fraction of sp³-hybridized carbons (Fsp3) is 0.318. The Balaban J connectivity index is 2.09. The van der Waals surface area contributed by atoms with Gasteiger partial charge in [-0.25, -0.2) is 0 Å². The minimum Gasteiger partial charge on any atom is -0.495 e. The molecule has 1 heterocycles. The first-order valence-corrected chi connectivity index (χ1v) is 9.46. The number of anilines is 1. The van der Waals surface area contributed by atoms with E-state index in [2.05, 4.69) is 0 Å². The number of rotatable bonds is 9. The Morgan fingerprint density at radius 2 is 1.83 bits per heavy atom. The Labute approximate surface area is 168 Å². The Kier molecular flexibility index (Phi) is 6.74. The average Bonchev–Trinajstić information content (AvgIpc) is 2.74. The fourth-order valence-electron chi connectivity index (χ4n) is 3.26. The number of methoxy groups -OCH3 is 1. The molecule has 2 N–H and O–H groups in total. The molecule has 0 fully saturated rings. The highest BCUT2D eigenvalue weighted by Gasteiger charge is 2.16. The molecule has 0 saturated carbocycles. The topological polar surface area (TPSA) is 92.4 Å². The molecule has 154 valence electrons. The van der Waals surface area contributed by atoms with E-state index in [1.54, 1.807) is 48.4 Å². The molecule has 0 unspecified atom stereocenters. The Morgan fingerprint density at radius 1 is 1.07 bits per heavy atom. The van der Waals surface area contributed by atoms with E-state index in [0.717, 1.165) is 0 Å². The third-order valence-corrected chi connectivity index (χ3v) is 4.63. The van der Waals surface area contributed by atoms with Gasteiger partial charge in [-0.3, -0.25) is 4.79 Å². The third-order valence-electron chi connectivity index (χ3n) is 4.63. The largest absolute Gasteiger partial charge is 0.495 e. The Morgan fingerprint density at radius 3 is 2.48 bits per heavy atom. The lowest BCUT2D eigenvalue weighted by molar-refractivity contribution is 0.280. The van der Waals surface area contributed by atoms with Gasteiger partial charge in [-0.05, 0) is 36.8 Å². The summed E-state index contributed by atoms with van der Waals surface area (Å²) in [6.45, 7) is 2.92. The van der Waals surface area contributed by atoms with E-state index in [4.69, 9.17) is 13.9 Å². The van der Waals surface area contributed by atoms with Gasteiger partial charge >= 0.3 is 0 Å². The Bertz CT molecular complexity index is 1020. The maximum atomic E-state index is 13.1. The van der Waals surface area contributed by atoms with Crippen molar-refractivity contribution in [2.24, 2.45) is 0 Å². The number of aliphatic hydroxyl groups is 2. The molecular weight excluding hydrogens is 374 g/mol. The van der Waals surface area contributed by atoms with E-state index in [1.807, 2.05) is 6.92 Å². The lowest BCUT2D eigenvalue weighted by Crippen LogP contribution is -2.30. The molecule has 7 heteroatoms. The molecule has 3 aromatic rings. The van der Waals surface area contributed by atoms with Crippen molar-refractivity contribution in [2.45, 2.75) is 6.92 Å². The van der Waals surface area contributed by atoms with Gasteiger partial charge in [0.2, 0.25) is 0 Å². The zero-order chi connectivity index (χ0) is 20.8. The summed E-state index contributed by atoms with van der Waals surface area (Å²) in [6, 6.07) is 10.5. The SMILES string of the molecule is CCOc1ccc2c(=O)c(-c3ccc(OC)c(N(CCO)CCO)c3)coc2c1. The first kappa shape index (κ1) is 20.7. The summed E-state index contributed by atoms with van der Waals surface area (Å²) in [7, 11) is 1.55. The first-order chi connectivity index (χ1) is 14.1. The molecule has 0 spiro atoms. The maximum Gasteiger partial charge on any atom is 0.200 e. The summed E-state index contributed by atoms with van der Waals surface area (Å²) < 4.78 is 16.6. The highest BCUT2D eigenvalue weighted by Crippen LogP contribution is 2.33. The van der Waals surface area contributed by atoms with Gasteiger partial charge < -0.3 is 29.0 Å². The summed E-state index contributed by atoms with van der Waals surface area (Å²) in [5.41, 5.74) is 2.06. The summed E-state index contributed by atoms with van der Waals surface area (Å²) in [5.74, 6) is 1.23. The zero-order valence-corrected chi connectivity index (χ0v) is 16.6. The lowest BCUT2D eigenvalue weighted by atomic mass is 10.0. The fourth-order valence-corrected chi connectivity index (χ4v) is 3.26. The van der Waals surface area contributed by atoms with Crippen LogP contribution in [-0.2, 0) is 0 Å². The van der Waals surface area contributed by atoms with E-state index >= 15 is 0 Å². The standard InChI is InChI=1S/C22H25NO6/c1-3-28-16-5-6-17-21(13-16)29-14-18(22(17)26)15-4-7-20(27-2)19(12-15)23(8-10-24)9-11-25/h4-7,12-14,24-25H,3,8-11H2,1-2H3. The second-order valence-corrected chi connectivity index (χ2v) is 6.39. The predicted octanol–water partition coefficient (Wildman–Crippen LogP) is 2.66. The molecule has 0 saturated heterocycles. The van der Waals surface area contributed by atoms with Crippen molar-refractivity contribution in [3.05, 3.63) is 52.9 Å². The van der Waals surface area contributed by atoms with E-state index in [-0.39, 0.29) is 18.6 Å². The number of hydrogen-bond acceptors (Lipinski definition) is 7. The number of aliphatic hydroxyl groups excluding tert-OH is 2. The van der Waals surface area contributed by atoms with Gasteiger partial charge in [0.25, 0.3) is 0 Å². The number of fused-ring (bicyclic) bond motifs is 1. The third kappa shape index (κ3) is 4.36. The number of benzene rings is 2. The van der Waals surface area contributed by atoms with Gasteiger partial charge in [-0.15, -0.1) is 0 Å². The molecule has 0 atom stereocenters. The molecule has 3 rings (SSSR count). The molecule has 0 aliphatic carbocycles. The van der Waals surface area contributed by atoms with Gasteiger partial charge in [-0.1, -0.05) is 6.07 Å². The molecule has 0 aliphatic rings. The minimum atomic E-state index is -0.152. The van der Waals surface area contributed by atoms with Crippen LogP contribution in [0.25, 0.3) is 22.1 Å². The van der Waals surface area contributed by atoms with Crippen molar-refractivity contribution in [3.8, 4) is 22.6 Å². The summed E-state index contributed by atoms with van der Waals surface area (Å²) in [5, 5.41) is 19.2. The molecular formula is C22H25NO6. The van der Waals surface area contributed by atoms with E-state index in [0.29, 0.717) is 59.0 Å². The van der Waals surface area contributed by atoms with Crippen LogP contribution in [0, 0.1) is 0 Å². The Hall–Kier alpha value is -3.03. The van der Waals surface area contributed by atoms with Crippen molar-refractivity contribution in [1.82, 2.24) is 0 Å². The van der Waals surface area contributed by atoms with Crippen LogP contribution in [0.15, 0.2) is 51.9 Å². The summed E-state index contributed by atoms with van der Waals surface area (Å²) >= 11 is 0. The van der Waals surface area contributed by atoms with Crippen molar-refractivity contribution in [2.75, 3.05) is 44.9 Å². The first-order valence-electron chi connectivity index (χ1n) is 9.46. The predicted molar refractivity (Wildman–Crippen MR) is 112 cm³/mol. The number of ether oxygens (including phenoxy) is 2. The van der Waals surface area contributed by atoms with Crippen molar-refractivity contribution < 1.29 is 24.1 Å². The molecule has 29 heavy (non-hydrogen) atoms. The highest BCUT2D eigenvalue weighted by atomic mass is 16.5. The smallest absolute Gasteiger partial charge is 0.200 e. The van der Waals surface area contributed by atoms with Gasteiger partial charge in [0.15, 0.2) is 5.43 Å². The van der Waals surface area contributed by atoms with Crippen LogP contribution in [0.1, 0.15) is 6.92 Å². The molecule has 0 bridgehead atoms. The summed E-state index contributed by atoms with van der Waals surface area (Å²) in [4.78, 5) is 14.9. The van der Waals surface area contributed by atoms with Crippen molar-refractivity contribution >= 4 is 16.7 Å². The average molecular weight is 399 g/mol. The van der Waals surface area contributed by atoms with Crippen molar-refractivity contribution in [3.63, 3.8) is 0 Å². The highest BCUT2D eigenvalue weighted by molar-refractivity contribution is 5.83. The quantitative estimate of drug-likeness (QED) is 0.571. The van der Waals surface area contributed by atoms with Gasteiger partial charge in [0.05, 0.1) is 43.6 Å². The second kappa shape index (κ2) is 9.45. The van der Waals surface area contributed by atoms with Crippen LogP contribution in [0.2, 0.25) is 0 Å². The normalized spacial score (nSPS) is 10.9. The van der Waals surface area contributed by atoms with Gasteiger partial charge in [-0.2, -0.15) is 0 Å². The number of hydrogen-bond donors (Lipinski definition) is 2. The van der Waals surface area contributed by atoms with E-state index < -0.39 is 0 Å². The number of nitrogens with zero attached hydrogens (tertiary/aromatic N) is 1. The molecule has 7 nitrogen and oxygen atoms in total. The van der Waals surface area contributed by atoms with E-state index in [1.165, 1.54) is 6.26 Å². The van der Waals surface area contributed by atoms with Crippen LogP contribution in [-0.4, -0.2) is 50.2 Å². The molecule has 0 aliphatic heterocycles. The molecule has 2 aromatic carbocycles. The second-order valence-electron chi connectivity index (χ2n) is 6.39. The van der Waals surface area contributed by atoms with Crippen LogP contribution < -0.4 is 19.8 Å². The maximum absolute atomic E-state index is 13.1. The lowest BCUT2D eigenvalue weighted by Gasteiger charge is -2.25. The zero-order valence-electron chi connectivity index (χ0n) is 16.6. The van der Waals surface area contributed by atoms with E-state index in [9.17, 15) is 15.0 Å². The van der Waals surface area contributed by atoms with Crippen LogP contribution in [0.3, 0.4) is 0 Å². The molecule has 0 amide bonds. The monoisotopic (exact) mass is 399 g/mol. The van der Waals surface area contributed by atoms with Gasteiger partial charge in [0.1, 0.15) is 23.3 Å². The van der Waals surface area contributed by atoms with Crippen LogP contribution in [0.4, 0.5) is 5.69 Å².